The van der Waals surface area contributed by atoms with Crippen LogP contribution in [0.4, 0.5) is 0 Å². The second-order valence-electron chi connectivity index (χ2n) is 5.49. The molecule has 2 aromatic carbocycles. The zero-order chi connectivity index (χ0) is 14.9. The molecule has 0 heterocycles. The Labute approximate surface area is 128 Å². The van der Waals surface area contributed by atoms with Gasteiger partial charge in [0.25, 0.3) is 0 Å². The molecule has 1 heteroatoms. The van der Waals surface area contributed by atoms with Crippen LogP contribution in [0.5, 0.6) is 0 Å². The summed E-state index contributed by atoms with van der Waals surface area (Å²) < 4.78 is 0. The van der Waals surface area contributed by atoms with Crippen molar-refractivity contribution < 1.29 is 0 Å². The van der Waals surface area contributed by atoms with Gasteiger partial charge in [0.2, 0.25) is 0 Å². The van der Waals surface area contributed by atoms with E-state index in [2.05, 4.69) is 85.9 Å². The van der Waals surface area contributed by atoms with Gasteiger partial charge in [-0.15, -0.1) is 0 Å². The molecule has 21 heavy (non-hydrogen) atoms. The lowest BCUT2D eigenvalue weighted by Crippen LogP contribution is -2.17. The van der Waals surface area contributed by atoms with Crippen molar-refractivity contribution in [3.05, 3.63) is 83.4 Å². The molecule has 0 aromatic heterocycles. The molecule has 0 aliphatic rings. The first-order chi connectivity index (χ1) is 10.3. The van der Waals surface area contributed by atoms with E-state index >= 15 is 0 Å². The number of benzene rings is 2. The van der Waals surface area contributed by atoms with Crippen molar-refractivity contribution in [1.29, 1.82) is 0 Å². The molecule has 0 aliphatic carbocycles. The molecule has 0 unspecified atom stereocenters. The molecule has 0 spiro atoms. The highest BCUT2D eigenvalue weighted by Gasteiger charge is 2.11. The van der Waals surface area contributed by atoms with Crippen LogP contribution in [0.3, 0.4) is 0 Å². The topological polar surface area (TPSA) is 12.0 Å². The van der Waals surface area contributed by atoms with Gasteiger partial charge in [-0.2, -0.15) is 0 Å². The van der Waals surface area contributed by atoms with E-state index in [0.717, 1.165) is 13.1 Å². The fourth-order valence-corrected chi connectivity index (χ4v) is 2.51. The van der Waals surface area contributed by atoms with Gasteiger partial charge in [-0.05, 0) is 31.0 Å². The van der Waals surface area contributed by atoms with Gasteiger partial charge in [0.05, 0.1) is 0 Å². The van der Waals surface area contributed by atoms with Crippen LogP contribution in [0.1, 0.15) is 37.3 Å². The molecule has 0 amide bonds. The molecule has 1 N–H and O–H groups in total. The predicted molar refractivity (Wildman–Crippen MR) is 91.6 cm³/mol. The van der Waals surface area contributed by atoms with Gasteiger partial charge in [0.15, 0.2) is 0 Å². The molecule has 110 valence electrons. The Morgan fingerprint density at radius 2 is 1.48 bits per heavy atom. The highest BCUT2D eigenvalue weighted by molar-refractivity contribution is 5.37. The van der Waals surface area contributed by atoms with Crippen LogP contribution in [-0.2, 0) is 0 Å². The Hall–Kier alpha value is -1.86. The molecule has 2 aromatic rings. The van der Waals surface area contributed by atoms with E-state index in [9.17, 15) is 0 Å². The SMILES string of the molecule is CCCNC/C(C)=C/C(c1ccccc1)c1ccccc1. The van der Waals surface area contributed by atoms with E-state index in [-0.39, 0.29) is 0 Å². The Bertz CT molecular complexity index is 503. The van der Waals surface area contributed by atoms with Crippen LogP contribution in [-0.4, -0.2) is 13.1 Å². The van der Waals surface area contributed by atoms with Crippen molar-refractivity contribution in [3.63, 3.8) is 0 Å². The monoisotopic (exact) mass is 279 g/mol. The van der Waals surface area contributed by atoms with Crippen molar-refractivity contribution in [2.75, 3.05) is 13.1 Å². The lowest BCUT2D eigenvalue weighted by atomic mass is 9.89. The quantitative estimate of drug-likeness (QED) is 0.569. The first kappa shape index (κ1) is 15.5. The van der Waals surface area contributed by atoms with Gasteiger partial charge in [-0.3, -0.25) is 0 Å². The second-order valence-corrected chi connectivity index (χ2v) is 5.49. The number of hydrogen-bond acceptors (Lipinski definition) is 1. The highest BCUT2D eigenvalue weighted by atomic mass is 14.8. The van der Waals surface area contributed by atoms with Gasteiger partial charge in [-0.25, -0.2) is 0 Å². The Kier molecular flexibility index (Phi) is 6.23. The van der Waals surface area contributed by atoms with Gasteiger partial charge < -0.3 is 5.32 Å². The van der Waals surface area contributed by atoms with Crippen LogP contribution in [0.25, 0.3) is 0 Å². The zero-order valence-corrected chi connectivity index (χ0v) is 13.0. The standard InChI is InChI=1S/C20H25N/c1-3-14-21-16-17(2)15-20(18-10-6-4-7-11-18)19-12-8-5-9-13-19/h4-13,15,20-21H,3,14,16H2,1-2H3/b17-15+. The number of nitrogens with one attached hydrogen (secondary N) is 1. The molecule has 0 aliphatic heterocycles. The van der Waals surface area contributed by atoms with E-state index in [1.807, 2.05) is 0 Å². The molecule has 0 saturated heterocycles. The number of hydrogen-bond donors (Lipinski definition) is 1. The fraction of sp³-hybridized carbons (Fsp3) is 0.300. The summed E-state index contributed by atoms with van der Waals surface area (Å²) in [6.07, 6.45) is 3.56. The molecule has 0 atom stereocenters. The van der Waals surface area contributed by atoms with E-state index < -0.39 is 0 Å². The maximum absolute atomic E-state index is 3.47. The van der Waals surface area contributed by atoms with Crippen molar-refractivity contribution >= 4 is 0 Å². The van der Waals surface area contributed by atoms with Crippen LogP contribution in [0.15, 0.2) is 72.3 Å². The van der Waals surface area contributed by atoms with E-state index in [4.69, 9.17) is 0 Å². The van der Waals surface area contributed by atoms with E-state index in [0.29, 0.717) is 5.92 Å². The Morgan fingerprint density at radius 3 is 1.95 bits per heavy atom. The van der Waals surface area contributed by atoms with Gasteiger partial charge in [0, 0.05) is 12.5 Å². The van der Waals surface area contributed by atoms with Gasteiger partial charge in [-0.1, -0.05) is 79.2 Å². The largest absolute Gasteiger partial charge is 0.313 e. The van der Waals surface area contributed by atoms with Gasteiger partial charge in [0.1, 0.15) is 0 Å². The normalized spacial score (nSPS) is 11.9. The molecule has 1 nitrogen and oxygen atoms in total. The van der Waals surface area contributed by atoms with Crippen molar-refractivity contribution in [1.82, 2.24) is 5.32 Å². The second kappa shape index (κ2) is 8.43. The maximum Gasteiger partial charge on any atom is 0.0272 e. The molecule has 0 bridgehead atoms. The molecule has 0 fully saturated rings. The Balaban J connectivity index is 2.23. The first-order valence-corrected chi connectivity index (χ1v) is 7.79. The third-order valence-electron chi connectivity index (χ3n) is 3.60. The van der Waals surface area contributed by atoms with Crippen LogP contribution >= 0.6 is 0 Å². The summed E-state index contributed by atoms with van der Waals surface area (Å²) in [4.78, 5) is 0. The lowest BCUT2D eigenvalue weighted by Gasteiger charge is -2.16. The highest BCUT2D eigenvalue weighted by Crippen LogP contribution is 2.26. The minimum atomic E-state index is 0.329. The minimum absolute atomic E-state index is 0.329. The first-order valence-electron chi connectivity index (χ1n) is 7.79. The summed E-state index contributed by atoms with van der Waals surface area (Å²) >= 11 is 0. The summed E-state index contributed by atoms with van der Waals surface area (Å²) in [7, 11) is 0. The van der Waals surface area contributed by atoms with Crippen molar-refractivity contribution in [3.8, 4) is 0 Å². The molecule has 0 saturated carbocycles. The fourth-order valence-electron chi connectivity index (χ4n) is 2.51. The number of allylic oxidation sites excluding steroid dienone is 1. The average molecular weight is 279 g/mol. The molecular weight excluding hydrogens is 254 g/mol. The average Bonchev–Trinajstić information content (AvgIpc) is 2.54. The van der Waals surface area contributed by atoms with Crippen LogP contribution in [0.2, 0.25) is 0 Å². The predicted octanol–water partition coefficient (Wildman–Crippen LogP) is 4.76. The lowest BCUT2D eigenvalue weighted by molar-refractivity contribution is 0.711. The van der Waals surface area contributed by atoms with Crippen LogP contribution in [0, 0.1) is 0 Å². The third kappa shape index (κ3) is 4.87. The third-order valence-corrected chi connectivity index (χ3v) is 3.60. The molecule has 2 rings (SSSR count). The van der Waals surface area contributed by atoms with Gasteiger partial charge >= 0.3 is 0 Å². The van der Waals surface area contributed by atoms with Crippen molar-refractivity contribution in [2.24, 2.45) is 0 Å². The molecular formula is C20H25N. The summed E-state index contributed by atoms with van der Waals surface area (Å²) in [5.74, 6) is 0.329. The smallest absolute Gasteiger partial charge is 0.0272 e. The zero-order valence-electron chi connectivity index (χ0n) is 13.0. The summed E-state index contributed by atoms with van der Waals surface area (Å²) in [6.45, 7) is 6.45. The summed E-state index contributed by atoms with van der Waals surface area (Å²) in [6, 6.07) is 21.4. The Morgan fingerprint density at radius 1 is 0.952 bits per heavy atom. The summed E-state index contributed by atoms with van der Waals surface area (Å²) in [5, 5.41) is 3.47. The summed E-state index contributed by atoms with van der Waals surface area (Å²) in [5.41, 5.74) is 4.08. The maximum atomic E-state index is 3.47. The van der Waals surface area contributed by atoms with E-state index in [1.165, 1.54) is 23.1 Å². The number of rotatable bonds is 7. The van der Waals surface area contributed by atoms with Crippen LogP contribution < -0.4 is 5.32 Å². The van der Waals surface area contributed by atoms with Crippen molar-refractivity contribution in [2.45, 2.75) is 26.2 Å². The minimum Gasteiger partial charge on any atom is -0.313 e. The molecule has 0 radical (unpaired) electrons. The van der Waals surface area contributed by atoms with E-state index in [1.54, 1.807) is 0 Å².